The highest BCUT2D eigenvalue weighted by Gasteiger charge is 2.23. The average molecular weight is 303 g/mol. The minimum absolute atomic E-state index is 0.0740. The van der Waals surface area contributed by atoms with Crippen LogP contribution in [0.5, 0.6) is 0 Å². The highest BCUT2D eigenvalue weighted by molar-refractivity contribution is 6.31. The Kier molecular flexibility index (Phi) is 4.86. The SMILES string of the molecule is Clc1ccccc1[C@H]1CN(CCc2ccncc2)CCO1. The molecule has 1 atom stereocenters. The van der Waals surface area contributed by atoms with Gasteiger partial charge >= 0.3 is 0 Å². The van der Waals surface area contributed by atoms with Crippen molar-refractivity contribution in [3.63, 3.8) is 0 Å². The third kappa shape index (κ3) is 3.82. The van der Waals surface area contributed by atoms with Gasteiger partial charge in [0.2, 0.25) is 0 Å². The van der Waals surface area contributed by atoms with Crippen LogP contribution in [-0.4, -0.2) is 36.1 Å². The van der Waals surface area contributed by atoms with Crippen LogP contribution in [0.2, 0.25) is 5.02 Å². The standard InChI is InChI=1S/C17H19ClN2O/c18-16-4-2-1-3-15(16)17-13-20(11-12-21-17)10-7-14-5-8-19-9-6-14/h1-6,8-9,17H,7,10-13H2/t17-/m1/s1. The monoisotopic (exact) mass is 302 g/mol. The number of rotatable bonds is 4. The first-order valence-corrected chi connectivity index (χ1v) is 7.68. The zero-order valence-electron chi connectivity index (χ0n) is 11.9. The molecular formula is C17H19ClN2O. The maximum Gasteiger partial charge on any atom is 0.0966 e. The predicted octanol–water partition coefficient (Wildman–Crippen LogP) is 3.35. The van der Waals surface area contributed by atoms with Gasteiger partial charge in [0.15, 0.2) is 0 Å². The van der Waals surface area contributed by atoms with Crippen LogP contribution in [0.3, 0.4) is 0 Å². The van der Waals surface area contributed by atoms with Gasteiger partial charge in [0, 0.05) is 42.6 Å². The molecule has 110 valence electrons. The molecule has 0 bridgehead atoms. The summed E-state index contributed by atoms with van der Waals surface area (Å²) in [4.78, 5) is 6.50. The number of morpholine rings is 1. The number of aromatic nitrogens is 1. The molecule has 1 aliphatic heterocycles. The van der Waals surface area contributed by atoms with Crippen molar-refractivity contribution in [1.29, 1.82) is 0 Å². The van der Waals surface area contributed by atoms with Gasteiger partial charge in [-0.25, -0.2) is 0 Å². The summed E-state index contributed by atoms with van der Waals surface area (Å²) in [7, 11) is 0. The van der Waals surface area contributed by atoms with E-state index in [2.05, 4.69) is 28.1 Å². The van der Waals surface area contributed by atoms with Gasteiger partial charge in [0.25, 0.3) is 0 Å². The lowest BCUT2D eigenvalue weighted by Crippen LogP contribution is -2.39. The molecule has 3 rings (SSSR count). The van der Waals surface area contributed by atoms with Crippen LogP contribution >= 0.6 is 11.6 Å². The molecule has 1 aromatic heterocycles. The second-order valence-electron chi connectivity index (χ2n) is 5.29. The van der Waals surface area contributed by atoms with Crippen molar-refractivity contribution >= 4 is 11.6 Å². The van der Waals surface area contributed by atoms with Gasteiger partial charge < -0.3 is 4.74 Å². The van der Waals surface area contributed by atoms with Crippen LogP contribution in [0.15, 0.2) is 48.8 Å². The van der Waals surface area contributed by atoms with Crippen LogP contribution in [0.1, 0.15) is 17.2 Å². The van der Waals surface area contributed by atoms with E-state index in [9.17, 15) is 0 Å². The molecule has 2 heterocycles. The smallest absolute Gasteiger partial charge is 0.0966 e. The van der Waals surface area contributed by atoms with Crippen molar-refractivity contribution in [1.82, 2.24) is 9.88 Å². The van der Waals surface area contributed by atoms with E-state index >= 15 is 0 Å². The Labute approximate surface area is 130 Å². The van der Waals surface area contributed by atoms with Crippen molar-refractivity contribution < 1.29 is 4.74 Å². The normalized spacial score (nSPS) is 19.6. The van der Waals surface area contributed by atoms with Gasteiger partial charge in [-0.15, -0.1) is 0 Å². The minimum Gasteiger partial charge on any atom is -0.371 e. The maximum absolute atomic E-state index is 6.27. The highest BCUT2D eigenvalue weighted by atomic mass is 35.5. The average Bonchev–Trinajstić information content (AvgIpc) is 2.55. The fraction of sp³-hybridized carbons (Fsp3) is 0.353. The Hall–Kier alpha value is -1.42. The third-order valence-electron chi connectivity index (χ3n) is 3.87. The number of hydrogen-bond donors (Lipinski definition) is 0. The van der Waals surface area contributed by atoms with Crippen molar-refractivity contribution in [3.05, 3.63) is 64.9 Å². The summed E-state index contributed by atoms with van der Waals surface area (Å²) in [6, 6.07) is 12.1. The van der Waals surface area contributed by atoms with E-state index in [-0.39, 0.29) is 6.10 Å². The number of hydrogen-bond acceptors (Lipinski definition) is 3. The Balaban J connectivity index is 1.60. The third-order valence-corrected chi connectivity index (χ3v) is 4.21. The van der Waals surface area contributed by atoms with E-state index in [1.165, 1.54) is 5.56 Å². The Morgan fingerprint density at radius 3 is 2.81 bits per heavy atom. The summed E-state index contributed by atoms with van der Waals surface area (Å²) in [5.41, 5.74) is 2.42. The van der Waals surface area contributed by atoms with Crippen molar-refractivity contribution in [2.45, 2.75) is 12.5 Å². The van der Waals surface area contributed by atoms with Gasteiger partial charge in [-0.05, 0) is 30.2 Å². The highest BCUT2D eigenvalue weighted by Crippen LogP contribution is 2.28. The molecule has 21 heavy (non-hydrogen) atoms. The molecule has 1 aromatic carbocycles. The molecule has 0 saturated carbocycles. The predicted molar refractivity (Wildman–Crippen MR) is 84.5 cm³/mol. The molecular weight excluding hydrogens is 284 g/mol. The Morgan fingerprint density at radius 2 is 2.00 bits per heavy atom. The minimum atomic E-state index is 0.0740. The summed E-state index contributed by atoms with van der Waals surface area (Å²) in [6.45, 7) is 3.67. The van der Waals surface area contributed by atoms with Gasteiger partial charge in [-0.3, -0.25) is 9.88 Å². The molecule has 0 spiro atoms. The fourth-order valence-electron chi connectivity index (χ4n) is 2.67. The maximum atomic E-state index is 6.27. The molecule has 0 unspecified atom stereocenters. The molecule has 0 amide bonds. The second-order valence-corrected chi connectivity index (χ2v) is 5.69. The lowest BCUT2D eigenvalue weighted by atomic mass is 10.1. The molecule has 1 saturated heterocycles. The summed E-state index contributed by atoms with van der Waals surface area (Å²) in [6.07, 6.45) is 4.81. The lowest BCUT2D eigenvalue weighted by molar-refractivity contribution is -0.0295. The summed E-state index contributed by atoms with van der Waals surface area (Å²) < 4.78 is 5.89. The largest absolute Gasteiger partial charge is 0.371 e. The van der Waals surface area contributed by atoms with Crippen molar-refractivity contribution in [2.24, 2.45) is 0 Å². The van der Waals surface area contributed by atoms with Crippen LogP contribution in [0.25, 0.3) is 0 Å². The topological polar surface area (TPSA) is 25.4 Å². The van der Waals surface area contributed by atoms with Crippen LogP contribution in [0, 0.1) is 0 Å². The molecule has 0 N–H and O–H groups in total. The van der Waals surface area contributed by atoms with Gasteiger partial charge in [0.05, 0.1) is 12.7 Å². The fourth-order valence-corrected chi connectivity index (χ4v) is 2.92. The van der Waals surface area contributed by atoms with Crippen LogP contribution in [0.4, 0.5) is 0 Å². The van der Waals surface area contributed by atoms with Gasteiger partial charge in [0.1, 0.15) is 0 Å². The molecule has 0 aliphatic carbocycles. The van der Waals surface area contributed by atoms with Crippen molar-refractivity contribution in [2.75, 3.05) is 26.2 Å². The number of halogens is 1. The second kappa shape index (κ2) is 7.03. The van der Waals surface area contributed by atoms with E-state index in [4.69, 9.17) is 16.3 Å². The summed E-state index contributed by atoms with van der Waals surface area (Å²) in [5, 5.41) is 0.790. The van der Waals surface area contributed by atoms with E-state index in [0.717, 1.165) is 43.2 Å². The Morgan fingerprint density at radius 1 is 1.19 bits per heavy atom. The first-order chi connectivity index (χ1) is 10.3. The van der Waals surface area contributed by atoms with Crippen molar-refractivity contribution in [3.8, 4) is 0 Å². The van der Waals surface area contributed by atoms with Crippen LogP contribution in [-0.2, 0) is 11.2 Å². The van der Waals surface area contributed by atoms with E-state index in [0.29, 0.717) is 0 Å². The van der Waals surface area contributed by atoms with E-state index in [1.54, 1.807) is 0 Å². The van der Waals surface area contributed by atoms with Gasteiger partial charge in [-0.1, -0.05) is 29.8 Å². The molecule has 3 nitrogen and oxygen atoms in total. The summed E-state index contributed by atoms with van der Waals surface area (Å²) >= 11 is 6.27. The van der Waals surface area contributed by atoms with Gasteiger partial charge in [-0.2, -0.15) is 0 Å². The molecule has 0 radical (unpaired) electrons. The Bertz CT molecular complexity index is 576. The number of benzene rings is 1. The molecule has 4 heteroatoms. The quantitative estimate of drug-likeness (QED) is 0.866. The first kappa shape index (κ1) is 14.5. The van der Waals surface area contributed by atoms with Crippen LogP contribution < -0.4 is 0 Å². The lowest BCUT2D eigenvalue weighted by Gasteiger charge is -2.33. The molecule has 2 aromatic rings. The van der Waals surface area contributed by atoms with E-state index < -0.39 is 0 Å². The van der Waals surface area contributed by atoms with E-state index in [1.807, 2.05) is 30.6 Å². The number of ether oxygens (including phenoxy) is 1. The first-order valence-electron chi connectivity index (χ1n) is 7.30. The number of pyridine rings is 1. The number of nitrogens with zero attached hydrogens (tertiary/aromatic N) is 2. The molecule has 1 fully saturated rings. The zero-order valence-corrected chi connectivity index (χ0v) is 12.7. The zero-order chi connectivity index (χ0) is 14.5. The summed E-state index contributed by atoms with van der Waals surface area (Å²) in [5.74, 6) is 0. The molecule has 1 aliphatic rings.